The van der Waals surface area contributed by atoms with Crippen molar-refractivity contribution in [1.29, 1.82) is 0 Å². The van der Waals surface area contributed by atoms with E-state index in [0.29, 0.717) is 0 Å². The van der Waals surface area contributed by atoms with Gasteiger partial charge in [-0.25, -0.2) is 0 Å². The lowest BCUT2D eigenvalue weighted by Gasteiger charge is -2.06. The van der Waals surface area contributed by atoms with Crippen molar-refractivity contribution in [2.45, 2.75) is 20.3 Å². The number of benzene rings is 5. The second-order valence-corrected chi connectivity index (χ2v) is 9.23. The third-order valence-corrected chi connectivity index (χ3v) is 6.52. The van der Waals surface area contributed by atoms with Gasteiger partial charge in [0.25, 0.3) is 0 Å². The summed E-state index contributed by atoms with van der Waals surface area (Å²) in [6, 6.07) is 43.9. The van der Waals surface area contributed by atoms with Crippen molar-refractivity contribution in [1.82, 2.24) is 0 Å². The van der Waals surface area contributed by atoms with E-state index in [2.05, 4.69) is 147 Å². The molecule has 0 fully saturated rings. The van der Waals surface area contributed by atoms with E-state index in [1.807, 2.05) is 0 Å². The second kappa shape index (κ2) is 10.4. The average molecular weight is 451 g/mol. The van der Waals surface area contributed by atoms with Crippen molar-refractivity contribution in [3.05, 3.63) is 150 Å². The fourth-order valence-electron chi connectivity index (χ4n) is 4.30. The maximum Gasteiger partial charge on any atom is -0.00941 e. The standard InChI is InChI=1S/C35H30/c1-26-6-14-30(15-7-26)32-18-10-28(11-19-32)4-3-5-29-12-20-33(21-13-29)35-24-22-34(23-25-35)31-16-8-27(2)9-17-31/h3,5-25H,4H2,1-2H3. The van der Waals surface area contributed by atoms with Gasteiger partial charge in [0.2, 0.25) is 0 Å². The number of rotatable bonds is 6. The summed E-state index contributed by atoms with van der Waals surface area (Å²) < 4.78 is 0. The zero-order valence-electron chi connectivity index (χ0n) is 20.4. The molecule has 0 spiro atoms. The van der Waals surface area contributed by atoms with Crippen molar-refractivity contribution in [3.63, 3.8) is 0 Å². The molecule has 5 aromatic rings. The Kier molecular flexibility index (Phi) is 6.73. The van der Waals surface area contributed by atoms with Crippen molar-refractivity contribution in [3.8, 4) is 33.4 Å². The molecule has 0 aromatic heterocycles. The Labute approximate surface area is 209 Å². The Balaban J connectivity index is 1.20. The van der Waals surface area contributed by atoms with Gasteiger partial charge in [-0.1, -0.05) is 145 Å². The van der Waals surface area contributed by atoms with Gasteiger partial charge in [0.05, 0.1) is 0 Å². The van der Waals surface area contributed by atoms with E-state index in [1.165, 1.54) is 55.6 Å². The van der Waals surface area contributed by atoms with Gasteiger partial charge in [-0.3, -0.25) is 0 Å². The van der Waals surface area contributed by atoms with E-state index in [-0.39, 0.29) is 0 Å². The van der Waals surface area contributed by atoms with Crippen molar-refractivity contribution >= 4 is 6.08 Å². The third-order valence-electron chi connectivity index (χ3n) is 6.52. The van der Waals surface area contributed by atoms with Crippen LogP contribution < -0.4 is 0 Å². The fourth-order valence-corrected chi connectivity index (χ4v) is 4.30. The second-order valence-electron chi connectivity index (χ2n) is 9.23. The van der Waals surface area contributed by atoms with E-state index in [0.717, 1.165) is 6.42 Å². The lowest BCUT2D eigenvalue weighted by molar-refractivity contribution is 1.28. The normalized spacial score (nSPS) is 11.1. The molecule has 35 heavy (non-hydrogen) atoms. The van der Waals surface area contributed by atoms with Gasteiger partial charge >= 0.3 is 0 Å². The van der Waals surface area contributed by atoms with Crippen LogP contribution in [0.15, 0.2) is 127 Å². The maximum atomic E-state index is 2.24. The van der Waals surface area contributed by atoms with Crippen LogP contribution >= 0.6 is 0 Å². The molecule has 0 aliphatic heterocycles. The molecule has 0 bridgehead atoms. The molecule has 0 heterocycles. The lowest BCUT2D eigenvalue weighted by Crippen LogP contribution is -1.83. The third kappa shape index (κ3) is 5.67. The van der Waals surface area contributed by atoms with Crippen LogP contribution in [0.5, 0.6) is 0 Å². The fraction of sp³-hybridized carbons (Fsp3) is 0.0857. The Bertz CT molecular complexity index is 1400. The van der Waals surface area contributed by atoms with Crippen LogP contribution in [0.4, 0.5) is 0 Å². The van der Waals surface area contributed by atoms with E-state index >= 15 is 0 Å². The van der Waals surface area contributed by atoms with Crippen LogP contribution in [-0.2, 0) is 6.42 Å². The number of hydrogen-bond acceptors (Lipinski definition) is 0. The molecule has 0 radical (unpaired) electrons. The van der Waals surface area contributed by atoms with Gasteiger partial charge in [-0.05, 0) is 64.8 Å². The average Bonchev–Trinajstić information content (AvgIpc) is 2.91. The van der Waals surface area contributed by atoms with Gasteiger partial charge in [0, 0.05) is 0 Å². The largest absolute Gasteiger partial charge is 0.0795 e. The van der Waals surface area contributed by atoms with Crippen molar-refractivity contribution < 1.29 is 0 Å². The molecule has 0 aliphatic rings. The molecular weight excluding hydrogens is 420 g/mol. The topological polar surface area (TPSA) is 0 Å². The summed E-state index contributed by atoms with van der Waals surface area (Å²) in [6.07, 6.45) is 5.38. The van der Waals surface area contributed by atoms with E-state index in [1.54, 1.807) is 0 Å². The number of hydrogen-bond donors (Lipinski definition) is 0. The first-order valence-electron chi connectivity index (χ1n) is 12.2. The predicted octanol–water partition coefficient (Wildman–Crippen LogP) is 9.56. The molecule has 0 saturated heterocycles. The first-order valence-corrected chi connectivity index (χ1v) is 12.2. The summed E-state index contributed by atoms with van der Waals surface area (Å²) in [7, 11) is 0. The number of allylic oxidation sites excluding steroid dienone is 1. The van der Waals surface area contributed by atoms with Gasteiger partial charge in [-0.15, -0.1) is 0 Å². The minimum atomic E-state index is 0.927. The highest BCUT2D eigenvalue weighted by Gasteiger charge is 2.01. The molecule has 0 heteroatoms. The summed E-state index contributed by atoms with van der Waals surface area (Å²) >= 11 is 0. The Morgan fingerprint density at radius 1 is 0.400 bits per heavy atom. The lowest BCUT2D eigenvalue weighted by atomic mass is 9.99. The van der Waals surface area contributed by atoms with Crippen molar-refractivity contribution in [2.75, 3.05) is 0 Å². The summed E-state index contributed by atoms with van der Waals surface area (Å²) in [5.41, 5.74) is 12.6. The minimum Gasteiger partial charge on any atom is -0.0795 e. The molecular formula is C35H30. The zero-order chi connectivity index (χ0) is 24.0. The first-order chi connectivity index (χ1) is 17.1. The molecule has 0 saturated carbocycles. The van der Waals surface area contributed by atoms with Gasteiger partial charge in [-0.2, -0.15) is 0 Å². The molecule has 0 nitrogen and oxygen atoms in total. The first kappa shape index (κ1) is 22.6. The summed E-state index contributed by atoms with van der Waals surface area (Å²) in [6.45, 7) is 4.24. The number of aryl methyl sites for hydroxylation is 2. The van der Waals surface area contributed by atoms with Gasteiger partial charge in [0.1, 0.15) is 0 Å². The van der Waals surface area contributed by atoms with Crippen LogP contribution in [-0.4, -0.2) is 0 Å². The molecule has 5 rings (SSSR count). The van der Waals surface area contributed by atoms with Crippen LogP contribution in [0.3, 0.4) is 0 Å². The zero-order valence-corrected chi connectivity index (χ0v) is 20.4. The molecule has 0 aliphatic carbocycles. The van der Waals surface area contributed by atoms with Crippen LogP contribution in [0.1, 0.15) is 22.3 Å². The minimum absolute atomic E-state index is 0.927. The van der Waals surface area contributed by atoms with Crippen LogP contribution in [0.2, 0.25) is 0 Å². The highest BCUT2D eigenvalue weighted by molar-refractivity contribution is 5.71. The van der Waals surface area contributed by atoms with Gasteiger partial charge < -0.3 is 0 Å². The van der Waals surface area contributed by atoms with Gasteiger partial charge in [0.15, 0.2) is 0 Å². The Morgan fingerprint density at radius 2 is 0.714 bits per heavy atom. The van der Waals surface area contributed by atoms with Crippen molar-refractivity contribution in [2.24, 2.45) is 0 Å². The molecule has 5 aromatic carbocycles. The maximum absolute atomic E-state index is 2.24. The predicted molar refractivity (Wildman–Crippen MR) is 151 cm³/mol. The SMILES string of the molecule is Cc1ccc(-c2ccc(CC=Cc3ccc(-c4ccc(-c5ccc(C)cc5)cc4)cc3)cc2)cc1. The molecule has 0 amide bonds. The molecule has 0 unspecified atom stereocenters. The van der Waals surface area contributed by atoms with E-state index < -0.39 is 0 Å². The summed E-state index contributed by atoms with van der Waals surface area (Å²) in [5, 5.41) is 0. The summed E-state index contributed by atoms with van der Waals surface area (Å²) in [5.74, 6) is 0. The molecule has 0 atom stereocenters. The van der Waals surface area contributed by atoms with Crippen LogP contribution in [0, 0.1) is 13.8 Å². The van der Waals surface area contributed by atoms with E-state index in [9.17, 15) is 0 Å². The quantitative estimate of drug-likeness (QED) is 0.241. The van der Waals surface area contributed by atoms with E-state index in [4.69, 9.17) is 0 Å². The highest BCUT2D eigenvalue weighted by Crippen LogP contribution is 2.26. The Hall–Kier alpha value is -4.16. The monoisotopic (exact) mass is 450 g/mol. The Morgan fingerprint density at radius 3 is 1.11 bits per heavy atom. The molecule has 0 N–H and O–H groups in total. The molecule has 170 valence electrons. The van der Waals surface area contributed by atoms with Crippen LogP contribution in [0.25, 0.3) is 39.5 Å². The smallest absolute Gasteiger partial charge is 0.00941 e. The summed E-state index contributed by atoms with van der Waals surface area (Å²) in [4.78, 5) is 0. The highest BCUT2D eigenvalue weighted by atomic mass is 14.1.